The van der Waals surface area contributed by atoms with Crippen molar-refractivity contribution in [3.05, 3.63) is 108 Å². The summed E-state index contributed by atoms with van der Waals surface area (Å²) in [4.78, 5) is 12.9. The average molecular weight is 379 g/mol. The number of para-hydroxylation sites is 1. The number of nitriles is 1. The summed E-state index contributed by atoms with van der Waals surface area (Å²) in [6, 6.07) is 28.2. The minimum Gasteiger partial charge on any atom is -0.457 e. The summed E-state index contributed by atoms with van der Waals surface area (Å²) in [7, 11) is 0. The van der Waals surface area contributed by atoms with Crippen molar-refractivity contribution in [2.45, 2.75) is 6.61 Å². The van der Waals surface area contributed by atoms with Crippen molar-refractivity contribution in [2.24, 2.45) is 0 Å². The van der Waals surface area contributed by atoms with Crippen LogP contribution in [0.2, 0.25) is 0 Å². The quantitative estimate of drug-likeness (QED) is 0.469. The highest BCUT2D eigenvalue weighted by atomic mass is 16.5. The molecule has 0 bridgehead atoms. The van der Waals surface area contributed by atoms with E-state index >= 15 is 0 Å². The van der Waals surface area contributed by atoms with Crippen LogP contribution < -0.4 is 0 Å². The molecular weight excluding hydrogens is 362 g/mol. The molecule has 0 atom stereocenters. The van der Waals surface area contributed by atoms with Gasteiger partial charge in [0.15, 0.2) is 0 Å². The van der Waals surface area contributed by atoms with E-state index in [0.717, 1.165) is 16.8 Å². The fourth-order valence-corrected chi connectivity index (χ4v) is 2.95. The third-order valence-corrected chi connectivity index (χ3v) is 4.46. The Morgan fingerprint density at radius 3 is 2.24 bits per heavy atom. The lowest BCUT2D eigenvalue weighted by Gasteiger charge is -2.05. The molecule has 0 radical (unpaired) electrons. The van der Waals surface area contributed by atoms with Crippen LogP contribution in [0.5, 0.6) is 0 Å². The molecule has 0 N–H and O–H groups in total. The fourth-order valence-electron chi connectivity index (χ4n) is 2.95. The highest BCUT2D eigenvalue weighted by Crippen LogP contribution is 2.24. The van der Waals surface area contributed by atoms with E-state index in [1.165, 1.54) is 0 Å². The number of aromatic nitrogens is 2. The average Bonchev–Trinajstić information content (AvgIpc) is 3.25. The number of benzene rings is 3. The van der Waals surface area contributed by atoms with E-state index in [4.69, 9.17) is 10.00 Å². The van der Waals surface area contributed by atoms with E-state index in [9.17, 15) is 4.79 Å². The number of ether oxygens (including phenoxy) is 1. The SMILES string of the molecule is N#Cc1ccc(COC(=O)c2cn(-c3ccccc3)nc2-c2ccccc2)cc1. The van der Waals surface area contributed by atoms with Crippen molar-refractivity contribution < 1.29 is 9.53 Å². The van der Waals surface area contributed by atoms with Gasteiger partial charge in [0.05, 0.1) is 17.3 Å². The summed E-state index contributed by atoms with van der Waals surface area (Å²) in [6.07, 6.45) is 1.69. The van der Waals surface area contributed by atoms with Crippen molar-refractivity contribution in [3.63, 3.8) is 0 Å². The standard InChI is InChI=1S/C24H17N3O2/c25-15-18-11-13-19(14-12-18)17-29-24(28)22-16-27(21-9-5-2-6-10-21)26-23(22)20-7-3-1-4-8-20/h1-14,16H,17H2. The number of carbonyl (C=O) groups excluding carboxylic acids is 1. The monoisotopic (exact) mass is 379 g/mol. The number of esters is 1. The van der Waals surface area contributed by atoms with Crippen LogP contribution in [0.4, 0.5) is 0 Å². The van der Waals surface area contributed by atoms with Crippen molar-refractivity contribution in [1.29, 1.82) is 5.26 Å². The summed E-state index contributed by atoms with van der Waals surface area (Å²) in [5.41, 5.74) is 4.04. The van der Waals surface area contributed by atoms with Crippen LogP contribution in [0, 0.1) is 11.3 Å². The molecule has 29 heavy (non-hydrogen) atoms. The van der Waals surface area contributed by atoms with Gasteiger partial charge in [-0.3, -0.25) is 0 Å². The molecule has 5 nitrogen and oxygen atoms in total. The fraction of sp³-hybridized carbons (Fsp3) is 0.0417. The zero-order valence-corrected chi connectivity index (χ0v) is 15.5. The van der Waals surface area contributed by atoms with Gasteiger partial charge in [-0.1, -0.05) is 60.7 Å². The molecule has 3 aromatic carbocycles. The van der Waals surface area contributed by atoms with E-state index in [-0.39, 0.29) is 6.61 Å². The molecule has 0 unspecified atom stereocenters. The van der Waals surface area contributed by atoms with Gasteiger partial charge >= 0.3 is 5.97 Å². The Kier molecular flexibility index (Phi) is 5.17. The second-order valence-corrected chi connectivity index (χ2v) is 6.42. The van der Waals surface area contributed by atoms with E-state index in [0.29, 0.717) is 16.8 Å². The Balaban J connectivity index is 1.63. The molecule has 0 aliphatic rings. The predicted octanol–water partition coefficient (Wildman–Crippen LogP) is 4.77. The highest BCUT2D eigenvalue weighted by Gasteiger charge is 2.20. The second-order valence-electron chi connectivity index (χ2n) is 6.42. The lowest BCUT2D eigenvalue weighted by Crippen LogP contribution is -2.06. The third kappa shape index (κ3) is 4.07. The van der Waals surface area contributed by atoms with Crippen LogP contribution >= 0.6 is 0 Å². The number of nitrogens with zero attached hydrogens (tertiary/aromatic N) is 3. The maximum atomic E-state index is 12.9. The Bertz CT molecular complexity index is 1160. The van der Waals surface area contributed by atoms with Crippen LogP contribution in [0.25, 0.3) is 16.9 Å². The summed E-state index contributed by atoms with van der Waals surface area (Å²) < 4.78 is 7.21. The van der Waals surface area contributed by atoms with Crippen molar-refractivity contribution in [1.82, 2.24) is 9.78 Å². The maximum Gasteiger partial charge on any atom is 0.342 e. The highest BCUT2D eigenvalue weighted by molar-refractivity contribution is 5.96. The molecule has 4 rings (SSSR count). The first-order chi connectivity index (χ1) is 14.2. The molecule has 1 heterocycles. The molecule has 5 heteroatoms. The molecule has 0 amide bonds. The molecular formula is C24H17N3O2. The van der Waals surface area contributed by atoms with Crippen molar-refractivity contribution >= 4 is 5.97 Å². The molecule has 1 aromatic heterocycles. The minimum atomic E-state index is -0.449. The normalized spacial score (nSPS) is 10.3. The van der Waals surface area contributed by atoms with E-state index in [1.54, 1.807) is 35.1 Å². The molecule has 0 aliphatic carbocycles. The molecule has 0 fully saturated rings. The molecule has 0 saturated carbocycles. The largest absolute Gasteiger partial charge is 0.457 e. The lowest BCUT2D eigenvalue weighted by molar-refractivity contribution is 0.0473. The zero-order chi connectivity index (χ0) is 20.1. The van der Waals surface area contributed by atoms with Gasteiger partial charge in [0.25, 0.3) is 0 Å². The van der Waals surface area contributed by atoms with Gasteiger partial charge in [-0.25, -0.2) is 9.48 Å². The van der Waals surface area contributed by atoms with Crippen LogP contribution in [-0.2, 0) is 11.3 Å². The first-order valence-corrected chi connectivity index (χ1v) is 9.11. The molecule has 4 aromatic rings. The number of carbonyl (C=O) groups is 1. The van der Waals surface area contributed by atoms with Crippen molar-refractivity contribution in [2.75, 3.05) is 0 Å². The molecule has 0 spiro atoms. The Labute approximate surface area is 168 Å². The first-order valence-electron chi connectivity index (χ1n) is 9.11. The van der Waals surface area contributed by atoms with Gasteiger partial charge in [-0.15, -0.1) is 0 Å². The molecule has 0 aliphatic heterocycles. The van der Waals surface area contributed by atoms with Crippen LogP contribution in [0.15, 0.2) is 91.1 Å². The molecule has 140 valence electrons. The van der Waals surface area contributed by atoms with E-state index in [1.807, 2.05) is 60.7 Å². The van der Waals surface area contributed by atoms with Gasteiger partial charge in [-0.2, -0.15) is 10.4 Å². The Hall–Kier alpha value is -4.17. The van der Waals surface area contributed by atoms with Gasteiger partial charge in [-0.05, 0) is 29.8 Å². The van der Waals surface area contributed by atoms with Crippen LogP contribution in [-0.4, -0.2) is 15.7 Å². The van der Waals surface area contributed by atoms with Gasteiger partial charge in [0.1, 0.15) is 17.9 Å². The zero-order valence-electron chi connectivity index (χ0n) is 15.5. The van der Waals surface area contributed by atoms with Crippen LogP contribution in [0.1, 0.15) is 21.5 Å². The Morgan fingerprint density at radius 2 is 1.59 bits per heavy atom. The topological polar surface area (TPSA) is 67.9 Å². The van der Waals surface area contributed by atoms with Gasteiger partial charge in [0, 0.05) is 11.8 Å². The number of rotatable bonds is 5. The predicted molar refractivity (Wildman–Crippen MR) is 109 cm³/mol. The van der Waals surface area contributed by atoms with Gasteiger partial charge < -0.3 is 4.74 Å². The van der Waals surface area contributed by atoms with E-state index in [2.05, 4.69) is 11.2 Å². The first kappa shape index (κ1) is 18.2. The van der Waals surface area contributed by atoms with Gasteiger partial charge in [0.2, 0.25) is 0 Å². The third-order valence-electron chi connectivity index (χ3n) is 4.46. The summed E-state index contributed by atoms with van der Waals surface area (Å²) in [6.45, 7) is 0.120. The Morgan fingerprint density at radius 1 is 0.931 bits per heavy atom. The molecule has 0 saturated heterocycles. The summed E-state index contributed by atoms with van der Waals surface area (Å²) in [5, 5.41) is 13.5. The van der Waals surface area contributed by atoms with E-state index < -0.39 is 5.97 Å². The number of hydrogen-bond donors (Lipinski definition) is 0. The number of hydrogen-bond acceptors (Lipinski definition) is 4. The second kappa shape index (κ2) is 8.24. The van der Waals surface area contributed by atoms with Crippen LogP contribution in [0.3, 0.4) is 0 Å². The lowest BCUT2D eigenvalue weighted by atomic mass is 10.1. The summed E-state index contributed by atoms with van der Waals surface area (Å²) >= 11 is 0. The minimum absolute atomic E-state index is 0.120. The summed E-state index contributed by atoms with van der Waals surface area (Å²) in [5.74, 6) is -0.449. The maximum absolute atomic E-state index is 12.9. The smallest absolute Gasteiger partial charge is 0.342 e. The van der Waals surface area contributed by atoms with Crippen molar-refractivity contribution in [3.8, 4) is 23.0 Å².